The van der Waals surface area contributed by atoms with Gasteiger partial charge in [0.1, 0.15) is 5.76 Å². The molecule has 2 N–H and O–H groups in total. The highest BCUT2D eigenvalue weighted by molar-refractivity contribution is 7.89. The van der Waals surface area contributed by atoms with Crippen molar-refractivity contribution in [3.8, 4) is 5.75 Å². The van der Waals surface area contributed by atoms with Crippen LogP contribution in [0.4, 0.5) is 4.39 Å². The second-order valence-electron chi connectivity index (χ2n) is 5.47. The molecule has 0 saturated carbocycles. The van der Waals surface area contributed by atoms with Gasteiger partial charge in [-0.15, -0.1) is 0 Å². The van der Waals surface area contributed by atoms with Crippen LogP contribution in [-0.4, -0.2) is 27.2 Å². The number of halogens is 1. The number of aliphatic hydroxyl groups is 1. The first-order chi connectivity index (χ1) is 12.4. The largest absolute Gasteiger partial charge is 0.494 e. The average Bonchev–Trinajstić information content (AvgIpc) is 3.33. The Kier molecular flexibility index (Phi) is 4.86. The minimum Gasteiger partial charge on any atom is -0.494 e. The first-order valence-corrected chi connectivity index (χ1v) is 8.97. The fourth-order valence-corrected chi connectivity index (χ4v) is 3.51. The van der Waals surface area contributed by atoms with E-state index < -0.39 is 28.0 Å². The highest BCUT2D eigenvalue weighted by Gasteiger charge is 2.37. The fourth-order valence-electron chi connectivity index (χ4n) is 2.44. The van der Waals surface area contributed by atoms with E-state index in [1.807, 2.05) is 0 Å². The van der Waals surface area contributed by atoms with E-state index >= 15 is 0 Å². The zero-order valence-electron chi connectivity index (χ0n) is 13.7. The van der Waals surface area contributed by atoms with Crippen LogP contribution in [0.3, 0.4) is 0 Å². The topological polar surface area (TPSA) is 102 Å². The Morgan fingerprint density at radius 1 is 1.27 bits per heavy atom. The number of rotatable bonds is 7. The Bertz CT molecular complexity index is 933. The van der Waals surface area contributed by atoms with Crippen molar-refractivity contribution in [3.63, 3.8) is 0 Å². The molecule has 0 amide bonds. The summed E-state index contributed by atoms with van der Waals surface area (Å²) in [4.78, 5) is -0.301. The summed E-state index contributed by atoms with van der Waals surface area (Å²) in [7, 11) is -2.82. The lowest BCUT2D eigenvalue weighted by atomic mass is 9.94. The third-order valence-corrected chi connectivity index (χ3v) is 5.28. The smallest absolute Gasteiger partial charge is 0.240 e. The maximum absolute atomic E-state index is 13.8. The van der Waals surface area contributed by atoms with Crippen molar-refractivity contribution in [1.29, 1.82) is 0 Å². The third kappa shape index (κ3) is 3.36. The number of nitrogens with one attached hydrogen (secondary N) is 1. The number of furan rings is 2. The van der Waals surface area contributed by atoms with Gasteiger partial charge in [0.2, 0.25) is 10.0 Å². The van der Waals surface area contributed by atoms with Crippen LogP contribution in [0.2, 0.25) is 0 Å². The van der Waals surface area contributed by atoms with Gasteiger partial charge < -0.3 is 18.7 Å². The van der Waals surface area contributed by atoms with Gasteiger partial charge in [0, 0.05) is 5.56 Å². The molecule has 3 aromatic rings. The molecule has 0 aliphatic carbocycles. The predicted molar refractivity (Wildman–Crippen MR) is 88.6 cm³/mol. The van der Waals surface area contributed by atoms with Crippen LogP contribution in [0, 0.1) is 5.82 Å². The minimum atomic E-state index is -4.10. The van der Waals surface area contributed by atoms with Gasteiger partial charge in [0.05, 0.1) is 37.3 Å². The molecule has 0 spiro atoms. The van der Waals surface area contributed by atoms with E-state index in [1.165, 1.54) is 50.2 Å². The second kappa shape index (κ2) is 6.94. The van der Waals surface area contributed by atoms with Crippen molar-refractivity contribution < 1.29 is 31.5 Å². The zero-order valence-corrected chi connectivity index (χ0v) is 14.5. The maximum atomic E-state index is 13.8. The van der Waals surface area contributed by atoms with E-state index in [-0.39, 0.29) is 16.4 Å². The van der Waals surface area contributed by atoms with Crippen LogP contribution in [-0.2, 0) is 15.6 Å². The second-order valence-corrected chi connectivity index (χ2v) is 7.24. The molecule has 0 aliphatic heterocycles. The Morgan fingerprint density at radius 2 is 2.08 bits per heavy atom. The quantitative estimate of drug-likeness (QED) is 0.651. The van der Waals surface area contributed by atoms with Crippen molar-refractivity contribution in [2.24, 2.45) is 0 Å². The third-order valence-electron chi connectivity index (χ3n) is 3.88. The molecule has 0 bridgehead atoms. The van der Waals surface area contributed by atoms with E-state index in [0.717, 1.165) is 6.07 Å². The molecule has 7 nitrogen and oxygen atoms in total. The number of hydrogen-bond acceptors (Lipinski definition) is 6. The molecule has 138 valence electrons. The summed E-state index contributed by atoms with van der Waals surface area (Å²) in [6.45, 7) is -0.448. The molecular weight excluding hydrogens is 365 g/mol. The van der Waals surface area contributed by atoms with Crippen molar-refractivity contribution in [1.82, 2.24) is 4.72 Å². The van der Waals surface area contributed by atoms with Crippen LogP contribution < -0.4 is 9.46 Å². The maximum Gasteiger partial charge on any atom is 0.240 e. The van der Waals surface area contributed by atoms with Crippen LogP contribution in [0.5, 0.6) is 5.75 Å². The van der Waals surface area contributed by atoms with Crippen molar-refractivity contribution in [2.75, 3.05) is 13.7 Å². The van der Waals surface area contributed by atoms with Gasteiger partial charge in [0.15, 0.2) is 17.2 Å². The molecule has 1 atom stereocenters. The van der Waals surface area contributed by atoms with E-state index in [9.17, 15) is 17.9 Å². The minimum absolute atomic E-state index is 0.0746. The number of hydrogen-bond donors (Lipinski definition) is 2. The lowest BCUT2D eigenvalue weighted by molar-refractivity contribution is 0.0613. The molecule has 2 aromatic heterocycles. The van der Waals surface area contributed by atoms with Crippen molar-refractivity contribution in [3.05, 3.63) is 72.3 Å². The molecule has 0 saturated heterocycles. The summed E-state index contributed by atoms with van der Waals surface area (Å²) in [6.07, 6.45) is 3.98. The molecule has 0 aliphatic rings. The highest BCUT2D eigenvalue weighted by atomic mass is 32.2. The summed E-state index contributed by atoms with van der Waals surface area (Å²) in [5.41, 5.74) is -1.50. The van der Waals surface area contributed by atoms with Crippen LogP contribution >= 0.6 is 0 Å². The van der Waals surface area contributed by atoms with Gasteiger partial charge in [-0.2, -0.15) is 0 Å². The van der Waals surface area contributed by atoms with E-state index in [0.29, 0.717) is 5.56 Å². The lowest BCUT2D eigenvalue weighted by Crippen LogP contribution is -2.41. The van der Waals surface area contributed by atoms with Crippen molar-refractivity contribution in [2.45, 2.75) is 10.5 Å². The lowest BCUT2D eigenvalue weighted by Gasteiger charge is -2.25. The molecule has 0 unspecified atom stereocenters. The summed E-state index contributed by atoms with van der Waals surface area (Å²) in [5.74, 6) is -0.761. The molecule has 2 heterocycles. The van der Waals surface area contributed by atoms with Crippen molar-refractivity contribution >= 4 is 10.0 Å². The van der Waals surface area contributed by atoms with Gasteiger partial charge in [-0.25, -0.2) is 17.5 Å². The Morgan fingerprint density at radius 3 is 2.65 bits per heavy atom. The predicted octanol–water partition coefficient (Wildman–Crippen LogP) is 2.23. The van der Waals surface area contributed by atoms with E-state index in [1.54, 1.807) is 6.07 Å². The number of sulfonamides is 1. The standard InChI is InChI=1S/C17H16FNO6S/c1-23-15-5-4-13(9-14(15)18)26(21,22)19-11-17(20,12-6-8-24-10-12)16-3-2-7-25-16/h2-10,19-20H,11H2,1H3/t17-/m0/s1. The van der Waals surface area contributed by atoms with Gasteiger partial charge >= 0.3 is 0 Å². The Labute approximate surface area is 149 Å². The average molecular weight is 381 g/mol. The number of methoxy groups -OCH3 is 1. The van der Waals surface area contributed by atoms with Gasteiger partial charge in [-0.3, -0.25) is 0 Å². The summed E-state index contributed by atoms with van der Waals surface area (Å²) in [5, 5.41) is 11.0. The molecule has 3 rings (SSSR count). The first kappa shape index (κ1) is 18.2. The fraction of sp³-hybridized carbons (Fsp3) is 0.176. The number of ether oxygens (including phenoxy) is 1. The van der Waals surface area contributed by atoms with Gasteiger partial charge in [-0.05, 0) is 36.4 Å². The summed E-state index contributed by atoms with van der Waals surface area (Å²) < 4.78 is 56.0. The monoisotopic (exact) mass is 381 g/mol. The molecule has 9 heteroatoms. The van der Waals surface area contributed by atoms with E-state index in [2.05, 4.69) is 4.72 Å². The SMILES string of the molecule is COc1ccc(S(=O)(=O)NC[C@](O)(c2ccoc2)c2ccco2)cc1F. The molecule has 0 fully saturated rings. The van der Waals surface area contributed by atoms with Crippen LogP contribution in [0.15, 0.2) is 68.9 Å². The van der Waals surface area contributed by atoms with E-state index in [4.69, 9.17) is 13.6 Å². The summed E-state index contributed by atoms with van der Waals surface area (Å²) >= 11 is 0. The molecule has 1 aromatic carbocycles. The Balaban J connectivity index is 1.88. The highest BCUT2D eigenvalue weighted by Crippen LogP contribution is 2.30. The Hall–Kier alpha value is -2.62. The molecule has 0 radical (unpaired) electrons. The normalized spacial score (nSPS) is 14.1. The molecular formula is C17H16FNO6S. The van der Waals surface area contributed by atoms with Crippen LogP contribution in [0.1, 0.15) is 11.3 Å². The van der Waals surface area contributed by atoms with Crippen LogP contribution in [0.25, 0.3) is 0 Å². The van der Waals surface area contributed by atoms with Gasteiger partial charge in [0.25, 0.3) is 0 Å². The number of benzene rings is 1. The molecule has 26 heavy (non-hydrogen) atoms. The summed E-state index contributed by atoms with van der Waals surface area (Å²) in [6, 6.07) is 7.81. The van der Waals surface area contributed by atoms with Gasteiger partial charge in [-0.1, -0.05) is 0 Å². The zero-order chi connectivity index (χ0) is 18.8. The first-order valence-electron chi connectivity index (χ1n) is 7.49.